The molecule has 0 aromatic rings. The lowest BCUT2D eigenvalue weighted by Gasteiger charge is -2.02. The molecule has 0 saturated carbocycles. The van der Waals surface area contributed by atoms with Crippen LogP contribution in [-0.2, 0) is 19.2 Å². The molecule has 0 fully saturated rings. The number of aliphatic hydroxyl groups is 1. The SMILES string of the molecule is C=C(CCO)C(=O)O.C=CC(=O)ONC(=O)OCC. The third-order valence-corrected chi connectivity index (χ3v) is 1.39. The second-order valence-corrected chi connectivity index (χ2v) is 2.83. The Labute approximate surface area is 110 Å². The van der Waals surface area contributed by atoms with Gasteiger partial charge in [0, 0.05) is 24.7 Å². The number of carboxylic acids is 1. The summed E-state index contributed by atoms with van der Waals surface area (Å²) in [5, 5.41) is 16.3. The van der Waals surface area contributed by atoms with Gasteiger partial charge in [0.2, 0.25) is 0 Å². The Morgan fingerprint density at radius 2 is 1.95 bits per heavy atom. The molecule has 1 amide bonds. The molecule has 0 aliphatic rings. The van der Waals surface area contributed by atoms with Crippen molar-refractivity contribution in [3.63, 3.8) is 0 Å². The lowest BCUT2D eigenvalue weighted by molar-refractivity contribution is -0.143. The predicted molar refractivity (Wildman–Crippen MR) is 64.9 cm³/mol. The molecular weight excluding hydrogens is 258 g/mol. The second-order valence-electron chi connectivity index (χ2n) is 2.83. The van der Waals surface area contributed by atoms with Crippen LogP contribution in [0, 0.1) is 0 Å². The Hall–Kier alpha value is -2.35. The molecule has 0 atom stereocenters. The van der Waals surface area contributed by atoms with Gasteiger partial charge in [0.05, 0.1) is 6.61 Å². The molecule has 0 bridgehead atoms. The third-order valence-electron chi connectivity index (χ3n) is 1.39. The lowest BCUT2D eigenvalue weighted by atomic mass is 10.2. The van der Waals surface area contributed by atoms with Gasteiger partial charge in [-0.05, 0) is 6.92 Å². The fourth-order valence-corrected chi connectivity index (χ4v) is 0.536. The van der Waals surface area contributed by atoms with Crippen LogP contribution in [0.2, 0.25) is 0 Å². The summed E-state index contributed by atoms with van der Waals surface area (Å²) in [6.45, 7) is 8.01. The quantitative estimate of drug-likeness (QED) is 0.490. The summed E-state index contributed by atoms with van der Waals surface area (Å²) in [6, 6.07) is 0. The van der Waals surface area contributed by atoms with Crippen molar-refractivity contribution < 1.29 is 34.2 Å². The molecular formula is C11H17NO7. The van der Waals surface area contributed by atoms with E-state index in [9.17, 15) is 14.4 Å². The van der Waals surface area contributed by atoms with Crippen molar-refractivity contribution in [2.24, 2.45) is 0 Å². The normalized spacial score (nSPS) is 8.32. The smallest absolute Gasteiger partial charge is 0.440 e. The highest BCUT2D eigenvalue weighted by Gasteiger charge is 2.01. The Balaban J connectivity index is 0. The van der Waals surface area contributed by atoms with E-state index >= 15 is 0 Å². The van der Waals surface area contributed by atoms with Crippen molar-refractivity contribution >= 4 is 18.0 Å². The number of hydrogen-bond donors (Lipinski definition) is 3. The summed E-state index contributed by atoms with van der Waals surface area (Å²) in [6.07, 6.45) is 0.268. The zero-order valence-electron chi connectivity index (χ0n) is 10.5. The number of hydrogen-bond acceptors (Lipinski definition) is 6. The monoisotopic (exact) mass is 275 g/mol. The number of aliphatic hydroxyl groups excluding tert-OH is 1. The van der Waals surface area contributed by atoms with Crippen LogP contribution in [-0.4, -0.2) is 41.5 Å². The maximum absolute atomic E-state index is 10.4. The number of ether oxygens (including phenoxy) is 1. The molecule has 108 valence electrons. The molecule has 0 aliphatic carbocycles. The molecule has 0 heterocycles. The zero-order chi connectivity index (χ0) is 15.3. The number of hydroxylamine groups is 1. The molecule has 0 spiro atoms. The topological polar surface area (TPSA) is 122 Å². The van der Waals surface area contributed by atoms with Crippen LogP contribution < -0.4 is 5.48 Å². The van der Waals surface area contributed by atoms with Gasteiger partial charge in [0.25, 0.3) is 0 Å². The minimum absolute atomic E-state index is 0.0486. The summed E-state index contributed by atoms with van der Waals surface area (Å²) in [5.41, 5.74) is 1.80. The average Bonchev–Trinajstić information content (AvgIpc) is 2.37. The van der Waals surface area contributed by atoms with E-state index in [1.807, 2.05) is 0 Å². The molecule has 19 heavy (non-hydrogen) atoms. The fourth-order valence-electron chi connectivity index (χ4n) is 0.536. The maximum atomic E-state index is 10.4. The summed E-state index contributed by atoms with van der Waals surface area (Å²) in [4.78, 5) is 34.7. The number of rotatable bonds is 5. The Morgan fingerprint density at radius 1 is 1.37 bits per heavy atom. The van der Waals surface area contributed by atoms with Gasteiger partial charge >= 0.3 is 18.0 Å². The van der Waals surface area contributed by atoms with Gasteiger partial charge in [-0.1, -0.05) is 13.2 Å². The summed E-state index contributed by atoms with van der Waals surface area (Å²) in [7, 11) is 0. The Kier molecular flexibility index (Phi) is 12.1. The third kappa shape index (κ3) is 13.6. The van der Waals surface area contributed by atoms with Gasteiger partial charge in [-0.15, -0.1) is 5.48 Å². The van der Waals surface area contributed by atoms with E-state index < -0.39 is 18.0 Å². The minimum Gasteiger partial charge on any atom is -0.478 e. The van der Waals surface area contributed by atoms with Crippen molar-refractivity contribution in [3.05, 3.63) is 24.8 Å². The Morgan fingerprint density at radius 3 is 2.26 bits per heavy atom. The zero-order valence-corrected chi connectivity index (χ0v) is 10.5. The molecule has 0 saturated heterocycles. The fraction of sp³-hybridized carbons (Fsp3) is 0.364. The first-order valence-corrected chi connectivity index (χ1v) is 5.16. The van der Waals surface area contributed by atoms with E-state index in [4.69, 9.17) is 10.2 Å². The molecule has 3 N–H and O–H groups in total. The van der Waals surface area contributed by atoms with E-state index in [0.29, 0.717) is 0 Å². The lowest BCUT2D eigenvalue weighted by Crippen LogP contribution is -2.26. The number of carboxylic acid groups (broad SMARTS) is 1. The highest BCUT2D eigenvalue weighted by molar-refractivity contribution is 5.85. The average molecular weight is 275 g/mol. The van der Waals surface area contributed by atoms with Gasteiger partial charge in [0.1, 0.15) is 0 Å². The van der Waals surface area contributed by atoms with Gasteiger partial charge in [0.15, 0.2) is 0 Å². The second kappa shape index (κ2) is 12.1. The van der Waals surface area contributed by atoms with Crippen molar-refractivity contribution in [1.29, 1.82) is 0 Å². The van der Waals surface area contributed by atoms with Crippen LogP contribution in [0.5, 0.6) is 0 Å². The van der Waals surface area contributed by atoms with Gasteiger partial charge in [-0.2, -0.15) is 0 Å². The number of nitrogens with one attached hydrogen (secondary N) is 1. The van der Waals surface area contributed by atoms with Gasteiger partial charge in [-0.3, -0.25) is 0 Å². The van der Waals surface area contributed by atoms with Crippen LogP contribution >= 0.6 is 0 Å². The van der Waals surface area contributed by atoms with Crippen LogP contribution in [0.15, 0.2) is 24.8 Å². The minimum atomic E-state index is -1.04. The van der Waals surface area contributed by atoms with Crippen LogP contribution in [0.25, 0.3) is 0 Å². The molecule has 8 heteroatoms. The first kappa shape index (κ1) is 19.0. The molecule has 8 nitrogen and oxygen atoms in total. The van der Waals surface area contributed by atoms with Gasteiger partial charge in [-0.25, -0.2) is 14.4 Å². The summed E-state index contributed by atoms with van der Waals surface area (Å²) in [5.74, 6) is -1.78. The van der Waals surface area contributed by atoms with Gasteiger partial charge < -0.3 is 19.8 Å². The van der Waals surface area contributed by atoms with E-state index in [-0.39, 0.29) is 25.2 Å². The predicted octanol–water partition coefficient (Wildman–Crippen LogP) is 0.386. The molecule has 0 aromatic carbocycles. The summed E-state index contributed by atoms with van der Waals surface area (Å²) >= 11 is 0. The van der Waals surface area contributed by atoms with E-state index in [2.05, 4.69) is 22.7 Å². The van der Waals surface area contributed by atoms with Crippen LogP contribution in [0.4, 0.5) is 4.79 Å². The first-order valence-electron chi connectivity index (χ1n) is 5.16. The number of carbonyl (C=O) groups excluding carboxylic acids is 2. The highest BCUT2D eigenvalue weighted by atomic mass is 16.7. The number of amides is 1. The maximum Gasteiger partial charge on any atom is 0.440 e. The standard InChI is InChI=1S/C6H9NO4.C5H8O3/c1-3-5(8)11-7-6(9)10-4-2;1-4(2-3-6)5(7)8/h3H,1,4H2,2H3,(H,7,9);6H,1-3H2,(H,7,8). The van der Waals surface area contributed by atoms with Crippen molar-refractivity contribution in [1.82, 2.24) is 5.48 Å². The molecule has 0 rings (SSSR count). The van der Waals surface area contributed by atoms with Crippen LogP contribution in [0.1, 0.15) is 13.3 Å². The molecule has 0 aromatic heterocycles. The molecule has 0 unspecified atom stereocenters. The largest absolute Gasteiger partial charge is 0.478 e. The van der Waals surface area contributed by atoms with Crippen molar-refractivity contribution in [2.75, 3.05) is 13.2 Å². The number of aliphatic carboxylic acids is 1. The van der Waals surface area contributed by atoms with E-state index in [1.165, 1.54) is 0 Å². The highest BCUT2D eigenvalue weighted by Crippen LogP contribution is 1.94. The van der Waals surface area contributed by atoms with Crippen LogP contribution in [0.3, 0.4) is 0 Å². The molecule has 0 radical (unpaired) electrons. The van der Waals surface area contributed by atoms with Crippen molar-refractivity contribution in [3.8, 4) is 0 Å². The number of carbonyl (C=O) groups is 3. The first-order chi connectivity index (χ1) is 8.88. The summed E-state index contributed by atoms with van der Waals surface area (Å²) < 4.78 is 4.38. The van der Waals surface area contributed by atoms with E-state index in [1.54, 1.807) is 12.4 Å². The molecule has 0 aliphatic heterocycles. The Bertz CT molecular complexity index is 338. The van der Waals surface area contributed by atoms with Crippen molar-refractivity contribution in [2.45, 2.75) is 13.3 Å². The van der Waals surface area contributed by atoms with E-state index in [0.717, 1.165) is 6.08 Å².